The van der Waals surface area contributed by atoms with E-state index in [9.17, 15) is 9.59 Å². The van der Waals surface area contributed by atoms with Gasteiger partial charge in [-0.2, -0.15) is 0 Å². The highest BCUT2D eigenvalue weighted by molar-refractivity contribution is 7.25. The van der Waals surface area contributed by atoms with Crippen LogP contribution in [0.3, 0.4) is 0 Å². The Labute approximate surface area is 171 Å². The molecule has 4 rings (SSSR count). The van der Waals surface area contributed by atoms with Crippen molar-refractivity contribution in [3.8, 4) is 22.6 Å². The van der Waals surface area contributed by atoms with E-state index >= 15 is 0 Å². The Bertz CT molecular complexity index is 1270. The predicted octanol–water partition coefficient (Wildman–Crippen LogP) is 5.90. The van der Waals surface area contributed by atoms with Crippen molar-refractivity contribution in [1.29, 1.82) is 0 Å². The van der Waals surface area contributed by atoms with Gasteiger partial charge in [-0.15, -0.1) is 11.3 Å². The molecule has 0 saturated heterocycles. The minimum Gasteiger partial charge on any atom is -0.423 e. The lowest BCUT2D eigenvalue weighted by molar-refractivity contribution is -0.129. The molecule has 3 aromatic carbocycles. The molecule has 0 aliphatic rings. The van der Waals surface area contributed by atoms with E-state index in [0.29, 0.717) is 11.5 Å². The SMILES string of the molecule is C=CC(=O)Oc1ccc(-c2ccc3c(c2)sc2cc(OC(=O)C=C)ccc23)cc1. The first-order chi connectivity index (χ1) is 14.1. The van der Waals surface area contributed by atoms with Crippen molar-refractivity contribution >= 4 is 43.4 Å². The molecule has 1 aromatic heterocycles. The van der Waals surface area contributed by atoms with Crippen LogP contribution in [-0.4, -0.2) is 11.9 Å². The summed E-state index contributed by atoms with van der Waals surface area (Å²) in [6.07, 6.45) is 2.28. The first kappa shape index (κ1) is 18.7. The highest BCUT2D eigenvalue weighted by Gasteiger charge is 2.09. The lowest BCUT2D eigenvalue weighted by Gasteiger charge is -2.05. The van der Waals surface area contributed by atoms with E-state index in [1.165, 1.54) is 0 Å². The number of benzene rings is 3. The van der Waals surface area contributed by atoms with Gasteiger partial charge in [0.1, 0.15) is 11.5 Å². The molecule has 0 fully saturated rings. The molecule has 0 N–H and O–H groups in total. The third-order valence-corrected chi connectivity index (χ3v) is 5.52. The summed E-state index contributed by atoms with van der Waals surface area (Å²) >= 11 is 1.64. The number of ether oxygens (including phenoxy) is 2. The van der Waals surface area contributed by atoms with Gasteiger partial charge in [-0.05, 0) is 47.5 Å². The predicted molar refractivity (Wildman–Crippen MR) is 116 cm³/mol. The third kappa shape index (κ3) is 3.81. The molecule has 0 aliphatic heterocycles. The van der Waals surface area contributed by atoms with Crippen LogP contribution in [0.4, 0.5) is 0 Å². The number of hydrogen-bond acceptors (Lipinski definition) is 5. The van der Waals surface area contributed by atoms with Crippen LogP contribution >= 0.6 is 11.3 Å². The largest absolute Gasteiger partial charge is 0.423 e. The van der Waals surface area contributed by atoms with Gasteiger partial charge in [0, 0.05) is 32.3 Å². The Morgan fingerprint density at radius 1 is 0.690 bits per heavy atom. The molecule has 4 nitrogen and oxygen atoms in total. The highest BCUT2D eigenvalue weighted by atomic mass is 32.1. The van der Waals surface area contributed by atoms with Crippen LogP contribution in [-0.2, 0) is 9.59 Å². The van der Waals surface area contributed by atoms with Crippen LogP contribution in [0.5, 0.6) is 11.5 Å². The molecular formula is C24H16O4S. The number of thiophene rings is 1. The van der Waals surface area contributed by atoms with Gasteiger partial charge in [-0.3, -0.25) is 0 Å². The normalized spacial score (nSPS) is 10.6. The molecule has 1 heterocycles. The number of carbonyl (C=O) groups is 2. The molecule has 0 radical (unpaired) electrons. The molecule has 142 valence electrons. The van der Waals surface area contributed by atoms with Gasteiger partial charge in [-0.25, -0.2) is 9.59 Å². The minimum atomic E-state index is -0.484. The second-order valence-electron chi connectivity index (χ2n) is 6.25. The molecule has 0 atom stereocenters. The fourth-order valence-corrected chi connectivity index (χ4v) is 4.21. The number of esters is 2. The lowest BCUT2D eigenvalue weighted by atomic mass is 10.0. The average molecular weight is 400 g/mol. The summed E-state index contributed by atoms with van der Waals surface area (Å²) < 4.78 is 12.5. The van der Waals surface area contributed by atoms with Gasteiger partial charge >= 0.3 is 11.9 Å². The monoisotopic (exact) mass is 400 g/mol. The minimum absolute atomic E-state index is 0.475. The summed E-state index contributed by atoms with van der Waals surface area (Å²) in [5.41, 5.74) is 2.08. The van der Waals surface area contributed by atoms with Gasteiger partial charge in [-0.1, -0.05) is 37.4 Å². The summed E-state index contributed by atoms with van der Waals surface area (Å²) in [4.78, 5) is 22.7. The zero-order chi connectivity index (χ0) is 20.4. The van der Waals surface area contributed by atoms with Gasteiger partial charge in [0.2, 0.25) is 0 Å². The van der Waals surface area contributed by atoms with E-state index in [-0.39, 0.29) is 0 Å². The van der Waals surface area contributed by atoms with Crippen molar-refractivity contribution in [3.63, 3.8) is 0 Å². The van der Waals surface area contributed by atoms with Crippen molar-refractivity contribution in [3.05, 3.63) is 86.0 Å². The summed E-state index contributed by atoms with van der Waals surface area (Å²) in [5.74, 6) is 0.0135. The standard InChI is InChI=1S/C24H16O4S/c1-3-23(25)27-17-8-5-15(6-9-17)16-7-11-19-20-12-10-18(28-24(26)4-2)14-22(20)29-21(19)13-16/h3-14H,1-2H2. The fraction of sp³-hybridized carbons (Fsp3) is 0. The molecule has 0 amide bonds. The maximum atomic E-state index is 11.4. The lowest BCUT2D eigenvalue weighted by Crippen LogP contribution is -2.02. The van der Waals surface area contributed by atoms with Crippen molar-refractivity contribution in [2.45, 2.75) is 0 Å². The van der Waals surface area contributed by atoms with Crippen LogP contribution in [0.15, 0.2) is 86.0 Å². The molecule has 5 heteroatoms. The number of carbonyl (C=O) groups excluding carboxylic acids is 2. The van der Waals surface area contributed by atoms with E-state index in [4.69, 9.17) is 9.47 Å². The van der Waals surface area contributed by atoms with E-state index in [1.54, 1.807) is 29.5 Å². The zero-order valence-electron chi connectivity index (χ0n) is 15.4. The Kier molecular flexibility index (Phi) is 4.97. The van der Waals surface area contributed by atoms with Gasteiger partial charge in [0.15, 0.2) is 0 Å². The van der Waals surface area contributed by atoms with E-state index < -0.39 is 11.9 Å². The number of hydrogen-bond donors (Lipinski definition) is 0. The first-order valence-electron chi connectivity index (χ1n) is 8.82. The smallest absolute Gasteiger partial charge is 0.335 e. The summed E-state index contributed by atoms with van der Waals surface area (Å²) in [6, 6.07) is 19.2. The molecule has 0 saturated carbocycles. The molecule has 0 aliphatic carbocycles. The molecular weight excluding hydrogens is 384 g/mol. The second-order valence-corrected chi connectivity index (χ2v) is 7.33. The van der Waals surface area contributed by atoms with Gasteiger partial charge < -0.3 is 9.47 Å². The van der Waals surface area contributed by atoms with Crippen LogP contribution in [0.1, 0.15) is 0 Å². The first-order valence-corrected chi connectivity index (χ1v) is 9.64. The average Bonchev–Trinajstić information content (AvgIpc) is 3.10. The van der Waals surface area contributed by atoms with Crippen molar-refractivity contribution in [1.82, 2.24) is 0 Å². The Morgan fingerprint density at radius 3 is 1.86 bits per heavy atom. The maximum Gasteiger partial charge on any atom is 0.335 e. The topological polar surface area (TPSA) is 52.6 Å². The van der Waals surface area contributed by atoms with E-state index in [1.807, 2.05) is 24.3 Å². The van der Waals surface area contributed by atoms with Crippen LogP contribution in [0, 0.1) is 0 Å². The number of rotatable bonds is 5. The Morgan fingerprint density at radius 2 is 1.21 bits per heavy atom. The molecule has 0 unspecified atom stereocenters. The molecule has 4 aromatic rings. The Hall–Kier alpha value is -3.70. The quantitative estimate of drug-likeness (QED) is 0.238. The van der Waals surface area contributed by atoms with Crippen LogP contribution < -0.4 is 9.47 Å². The van der Waals surface area contributed by atoms with Crippen LogP contribution in [0.25, 0.3) is 31.3 Å². The Balaban J connectivity index is 1.67. The molecule has 29 heavy (non-hydrogen) atoms. The zero-order valence-corrected chi connectivity index (χ0v) is 16.2. The third-order valence-electron chi connectivity index (χ3n) is 4.40. The summed E-state index contributed by atoms with van der Waals surface area (Å²) in [5, 5.41) is 2.26. The van der Waals surface area contributed by atoms with Crippen LogP contribution in [0.2, 0.25) is 0 Å². The summed E-state index contributed by atoms with van der Waals surface area (Å²) in [6.45, 7) is 6.81. The van der Waals surface area contributed by atoms with Gasteiger partial charge in [0.05, 0.1) is 0 Å². The van der Waals surface area contributed by atoms with E-state index in [0.717, 1.165) is 43.5 Å². The van der Waals surface area contributed by atoms with Crippen molar-refractivity contribution < 1.29 is 19.1 Å². The molecule has 0 bridgehead atoms. The fourth-order valence-electron chi connectivity index (χ4n) is 3.03. The van der Waals surface area contributed by atoms with Crippen molar-refractivity contribution in [2.24, 2.45) is 0 Å². The summed E-state index contributed by atoms with van der Waals surface area (Å²) in [7, 11) is 0. The maximum absolute atomic E-state index is 11.4. The second kappa shape index (κ2) is 7.73. The van der Waals surface area contributed by atoms with Crippen molar-refractivity contribution in [2.75, 3.05) is 0 Å². The molecule has 0 spiro atoms. The van der Waals surface area contributed by atoms with Gasteiger partial charge in [0.25, 0.3) is 0 Å². The number of fused-ring (bicyclic) bond motifs is 3. The van der Waals surface area contributed by atoms with E-state index in [2.05, 4.69) is 31.4 Å². The highest BCUT2D eigenvalue weighted by Crippen LogP contribution is 2.38.